The van der Waals surface area contributed by atoms with Gasteiger partial charge in [0.2, 0.25) is 0 Å². The first-order valence-corrected chi connectivity index (χ1v) is 10.9. The third kappa shape index (κ3) is 4.49. The van der Waals surface area contributed by atoms with E-state index in [0.29, 0.717) is 16.5 Å². The number of rotatable bonds is 6. The van der Waals surface area contributed by atoms with Crippen molar-refractivity contribution >= 4 is 33.5 Å². The van der Waals surface area contributed by atoms with Gasteiger partial charge in [0.05, 0.1) is 5.75 Å². The fourth-order valence-corrected chi connectivity index (χ4v) is 4.11. The Morgan fingerprint density at radius 3 is 2.45 bits per heavy atom. The lowest BCUT2D eigenvalue weighted by molar-refractivity contribution is 0.102. The maximum absolute atomic E-state index is 12.5. The van der Waals surface area contributed by atoms with Gasteiger partial charge in [0, 0.05) is 21.3 Å². The minimum absolute atomic E-state index is 0.0676. The molecule has 4 rings (SSSR count). The Morgan fingerprint density at radius 1 is 0.966 bits per heavy atom. The number of nitrogens with zero attached hydrogens (tertiary/aromatic N) is 3. The molecule has 0 N–H and O–H groups in total. The second kappa shape index (κ2) is 8.76. The Bertz CT molecular complexity index is 1140. The number of ketones is 1. The average Bonchev–Trinajstić information content (AvgIpc) is 3.17. The van der Waals surface area contributed by atoms with Crippen molar-refractivity contribution in [1.29, 1.82) is 0 Å². The van der Waals surface area contributed by atoms with Gasteiger partial charge in [-0.15, -0.1) is 10.2 Å². The fraction of sp³-hybridized carbons (Fsp3) is 0.0870. The molecule has 1 heterocycles. The average molecular weight is 464 g/mol. The third-order valence-corrected chi connectivity index (χ3v) is 5.88. The largest absolute Gasteiger partial charge is 0.293 e. The first-order chi connectivity index (χ1) is 14.1. The molecule has 0 unspecified atom stereocenters. The zero-order valence-electron chi connectivity index (χ0n) is 15.7. The molecule has 0 spiro atoms. The predicted molar refractivity (Wildman–Crippen MR) is 121 cm³/mol. The Morgan fingerprint density at radius 2 is 1.72 bits per heavy atom. The van der Waals surface area contributed by atoms with Crippen molar-refractivity contribution in [3.8, 4) is 17.1 Å². The maximum Gasteiger partial charge on any atom is 0.196 e. The zero-order valence-corrected chi connectivity index (χ0v) is 18.2. The van der Waals surface area contributed by atoms with E-state index >= 15 is 0 Å². The van der Waals surface area contributed by atoms with Gasteiger partial charge in [0.15, 0.2) is 16.8 Å². The summed E-state index contributed by atoms with van der Waals surface area (Å²) in [5, 5.41) is 9.53. The van der Waals surface area contributed by atoms with Crippen LogP contribution in [-0.2, 0) is 0 Å². The SMILES string of the molecule is Cc1cccc(-c2nnc(SCC(=O)c3ccccc3)n2-c2ccc(Br)cc2)c1. The van der Waals surface area contributed by atoms with Crippen LogP contribution in [-0.4, -0.2) is 26.3 Å². The summed E-state index contributed by atoms with van der Waals surface area (Å²) in [7, 11) is 0. The Balaban J connectivity index is 1.70. The summed E-state index contributed by atoms with van der Waals surface area (Å²) in [6.07, 6.45) is 0. The van der Waals surface area contributed by atoms with Gasteiger partial charge in [-0.2, -0.15) is 0 Å². The van der Waals surface area contributed by atoms with Gasteiger partial charge in [0.25, 0.3) is 0 Å². The van der Waals surface area contributed by atoms with E-state index in [2.05, 4.69) is 45.2 Å². The van der Waals surface area contributed by atoms with Crippen LogP contribution in [0.3, 0.4) is 0 Å². The van der Waals surface area contributed by atoms with E-state index in [1.54, 1.807) is 0 Å². The van der Waals surface area contributed by atoms with E-state index in [1.807, 2.05) is 71.3 Å². The van der Waals surface area contributed by atoms with Gasteiger partial charge in [0.1, 0.15) is 0 Å². The smallest absolute Gasteiger partial charge is 0.196 e. The van der Waals surface area contributed by atoms with E-state index < -0.39 is 0 Å². The first kappa shape index (κ1) is 19.6. The van der Waals surface area contributed by atoms with E-state index in [-0.39, 0.29) is 5.78 Å². The van der Waals surface area contributed by atoms with Crippen molar-refractivity contribution in [3.05, 3.63) is 94.5 Å². The van der Waals surface area contributed by atoms with Crippen LogP contribution in [0.2, 0.25) is 0 Å². The third-order valence-electron chi connectivity index (χ3n) is 4.42. The number of halogens is 1. The van der Waals surface area contributed by atoms with Crippen LogP contribution in [0.15, 0.2) is 88.5 Å². The number of Topliss-reactive ketones (excluding diaryl/α,β-unsaturated/α-hetero) is 1. The molecule has 144 valence electrons. The lowest BCUT2D eigenvalue weighted by atomic mass is 10.1. The van der Waals surface area contributed by atoms with Crippen LogP contribution in [0.5, 0.6) is 0 Å². The second-order valence-electron chi connectivity index (χ2n) is 6.57. The van der Waals surface area contributed by atoms with Gasteiger partial charge < -0.3 is 0 Å². The molecule has 0 bridgehead atoms. The number of hydrogen-bond acceptors (Lipinski definition) is 4. The number of benzene rings is 3. The molecule has 6 heteroatoms. The number of hydrogen-bond donors (Lipinski definition) is 0. The summed E-state index contributed by atoms with van der Waals surface area (Å²) in [4.78, 5) is 12.5. The molecule has 0 radical (unpaired) electrons. The predicted octanol–water partition coefficient (Wildman–Crippen LogP) is 5.98. The quantitative estimate of drug-likeness (QED) is 0.260. The van der Waals surface area contributed by atoms with E-state index in [0.717, 1.165) is 27.1 Å². The molecular weight excluding hydrogens is 446 g/mol. The Hall–Kier alpha value is -2.70. The molecule has 1 aromatic heterocycles. The van der Waals surface area contributed by atoms with E-state index in [1.165, 1.54) is 11.8 Å². The van der Waals surface area contributed by atoms with Crippen molar-refractivity contribution in [3.63, 3.8) is 0 Å². The fourth-order valence-electron chi connectivity index (χ4n) is 2.99. The van der Waals surface area contributed by atoms with Crippen LogP contribution in [0.25, 0.3) is 17.1 Å². The van der Waals surface area contributed by atoms with Crippen LogP contribution in [0.4, 0.5) is 0 Å². The van der Waals surface area contributed by atoms with Gasteiger partial charge in [-0.25, -0.2) is 0 Å². The van der Waals surface area contributed by atoms with Gasteiger partial charge >= 0.3 is 0 Å². The molecule has 0 amide bonds. The lowest BCUT2D eigenvalue weighted by Gasteiger charge is -2.11. The maximum atomic E-state index is 12.5. The van der Waals surface area contributed by atoms with Crippen molar-refractivity contribution in [2.45, 2.75) is 12.1 Å². The minimum Gasteiger partial charge on any atom is -0.293 e. The number of aryl methyl sites for hydroxylation is 1. The highest BCUT2D eigenvalue weighted by Gasteiger charge is 2.18. The number of carbonyl (C=O) groups is 1. The summed E-state index contributed by atoms with van der Waals surface area (Å²) in [5.74, 6) is 1.12. The highest BCUT2D eigenvalue weighted by molar-refractivity contribution is 9.10. The summed E-state index contributed by atoms with van der Waals surface area (Å²) < 4.78 is 3.00. The summed E-state index contributed by atoms with van der Waals surface area (Å²) in [6.45, 7) is 2.05. The van der Waals surface area contributed by atoms with Gasteiger partial charge in [-0.05, 0) is 37.3 Å². The molecule has 0 aliphatic heterocycles. The minimum atomic E-state index is 0.0676. The first-order valence-electron chi connectivity index (χ1n) is 9.11. The van der Waals surface area contributed by atoms with Crippen molar-refractivity contribution < 1.29 is 4.79 Å². The molecular formula is C23H18BrN3OS. The van der Waals surface area contributed by atoms with Crippen LogP contribution < -0.4 is 0 Å². The molecule has 4 nitrogen and oxygen atoms in total. The van der Waals surface area contributed by atoms with Crippen molar-refractivity contribution in [2.75, 3.05) is 5.75 Å². The summed E-state index contributed by atoms with van der Waals surface area (Å²) in [5.41, 5.74) is 3.79. The molecule has 4 aromatic rings. The normalized spacial score (nSPS) is 10.8. The molecule has 0 saturated carbocycles. The highest BCUT2D eigenvalue weighted by Crippen LogP contribution is 2.29. The summed E-state index contributed by atoms with van der Waals surface area (Å²) >= 11 is 4.88. The monoisotopic (exact) mass is 463 g/mol. The highest BCUT2D eigenvalue weighted by atomic mass is 79.9. The van der Waals surface area contributed by atoms with Crippen LogP contribution >= 0.6 is 27.7 Å². The number of thioether (sulfide) groups is 1. The second-order valence-corrected chi connectivity index (χ2v) is 8.42. The topological polar surface area (TPSA) is 47.8 Å². The molecule has 0 fully saturated rings. The molecule has 0 aliphatic rings. The van der Waals surface area contributed by atoms with Gasteiger partial charge in [-0.1, -0.05) is 81.8 Å². The summed E-state index contributed by atoms with van der Waals surface area (Å²) in [6, 6.07) is 25.5. The standard InChI is InChI=1S/C23H18BrN3OS/c1-16-6-5-9-18(14-16)22-25-26-23(27(22)20-12-10-19(24)11-13-20)29-15-21(28)17-7-3-2-4-8-17/h2-14H,15H2,1H3. The number of aromatic nitrogens is 3. The van der Waals surface area contributed by atoms with Crippen molar-refractivity contribution in [1.82, 2.24) is 14.8 Å². The van der Waals surface area contributed by atoms with Crippen molar-refractivity contribution in [2.24, 2.45) is 0 Å². The molecule has 0 atom stereocenters. The number of carbonyl (C=O) groups excluding carboxylic acids is 1. The molecule has 3 aromatic carbocycles. The van der Waals surface area contributed by atoms with Crippen LogP contribution in [0, 0.1) is 6.92 Å². The molecule has 29 heavy (non-hydrogen) atoms. The lowest BCUT2D eigenvalue weighted by Crippen LogP contribution is -2.05. The zero-order chi connectivity index (χ0) is 20.2. The van der Waals surface area contributed by atoms with E-state index in [4.69, 9.17) is 0 Å². The molecule has 0 aliphatic carbocycles. The van der Waals surface area contributed by atoms with Gasteiger partial charge in [-0.3, -0.25) is 9.36 Å². The Kier molecular flexibility index (Phi) is 5.92. The molecule has 0 saturated heterocycles. The van der Waals surface area contributed by atoms with E-state index in [9.17, 15) is 4.79 Å². The van der Waals surface area contributed by atoms with Crippen LogP contribution in [0.1, 0.15) is 15.9 Å². The Labute approximate surface area is 182 Å².